The van der Waals surface area contributed by atoms with Crippen LogP contribution in [0.25, 0.3) is 11.4 Å². The molecule has 1 N–H and O–H groups in total. The molecular weight excluding hydrogens is 303 g/mol. The van der Waals surface area contributed by atoms with Crippen molar-refractivity contribution in [2.45, 2.75) is 13.8 Å². The van der Waals surface area contributed by atoms with Crippen molar-refractivity contribution in [2.24, 2.45) is 0 Å². The number of aromatic amines is 1. The summed E-state index contributed by atoms with van der Waals surface area (Å²) in [6.07, 6.45) is 0. The Labute approximate surface area is 112 Å². The fourth-order valence-corrected chi connectivity index (χ4v) is 2.24. The number of H-pyrrole nitrogens is 1. The molecule has 0 spiro atoms. The third kappa shape index (κ3) is 2.45. The van der Waals surface area contributed by atoms with Crippen molar-refractivity contribution in [2.75, 3.05) is 0 Å². The summed E-state index contributed by atoms with van der Waals surface area (Å²) in [6.45, 7) is 3.86. The van der Waals surface area contributed by atoms with Gasteiger partial charge in [-0.2, -0.15) is 0 Å². The number of hydrogen-bond donors (Lipinski definition) is 1. The van der Waals surface area contributed by atoms with Crippen LogP contribution in [-0.4, -0.2) is 9.97 Å². The molecule has 0 aliphatic rings. The zero-order chi connectivity index (χ0) is 12.6. The molecule has 0 saturated carbocycles. The van der Waals surface area contributed by atoms with Crippen LogP contribution in [0.4, 0.5) is 4.39 Å². The van der Waals surface area contributed by atoms with Gasteiger partial charge in [-0.05, 0) is 48.0 Å². The molecule has 1 heterocycles. The van der Waals surface area contributed by atoms with Crippen molar-refractivity contribution in [3.8, 4) is 11.4 Å². The van der Waals surface area contributed by atoms with Gasteiger partial charge in [0.15, 0.2) is 0 Å². The van der Waals surface area contributed by atoms with Gasteiger partial charge in [0, 0.05) is 21.3 Å². The highest BCUT2D eigenvalue weighted by atomic mass is 79.9. The number of rotatable bonds is 1. The molecule has 0 amide bonds. The van der Waals surface area contributed by atoms with Crippen LogP contribution in [0.2, 0.25) is 0 Å². The zero-order valence-electron chi connectivity index (χ0n) is 9.34. The van der Waals surface area contributed by atoms with E-state index in [4.69, 9.17) is 12.2 Å². The lowest BCUT2D eigenvalue weighted by molar-refractivity contribution is 0.627. The molecule has 0 atom stereocenters. The van der Waals surface area contributed by atoms with Crippen molar-refractivity contribution in [3.63, 3.8) is 0 Å². The largest absolute Gasteiger partial charge is 0.343 e. The molecular formula is C12H10BrFN2S. The standard InChI is InChI=1S/C12H10BrFN2S/c1-6-7(2)15-11(16-12(6)17)9-4-3-8(14)5-10(9)13/h3-5H,1-2H3,(H,15,16,17). The second kappa shape index (κ2) is 4.66. The second-order valence-corrected chi connectivity index (χ2v) is 5.01. The SMILES string of the molecule is Cc1[nH]c(-c2ccc(F)cc2Br)nc(=S)c1C. The molecule has 17 heavy (non-hydrogen) atoms. The third-order valence-corrected chi connectivity index (χ3v) is 3.64. The van der Waals surface area contributed by atoms with Gasteiger partial charge in [0.05, 0.1) is 0 Å². The van der Waals surface area contributed by atoms with E-state index < -0.39 is 0 Å². The van der Waals surface area contributed by atoms with E-state index in [1.807, 2.05) is 13.8 Å². The summed E-state index contributed by atoms with van der Waals surface area (Å²) in [4.78, 5) is 7.46. The summed E-state index contributed by atoms with van der Waals surface area (Å²) >= 11 is 8.49. The average molecular weight is 313 g/mol. The number of nitrogens with one attached hydrogen (secondary N) is 1. The number of aromatic nitrogens is 2. The Kier molecular flexibility index (Phi) is 3.40. The third-order valence-electron chi connectivity index (χ3n) is 2.59. The van der Waals surface area contributed by atoms with Crippen LogP contribution in [0.15, 0.2) is 22.7 Å². The van der Waals surface area contributed by atoms with E-state index in [1.165, 1.54) is 12.1 Å². The lowest BCUT2D eigenvalue weighted by Gasteiger charge is -2.07. The maximum absolute atomic E-state index is 13.0. The Morgan fingerprint density at radius 1 is 1.35 bits per heavy atom. The molecule has 2 aromatic rings. The lowest BCUT2D eigenvalue weighted by atomic mass is 10.2. The molecule has 88 valence electrons. The molecule has 2 rings (SSSR count). The molecule has 0 aliphatic carbocycles. The topological polar surface area (TPSA) is 28.7 Å². The molecule has 0 bridgehead atoms. The van der Waals surface area contributed by atoms with Gasteiger partial charge in [-0.3, -0.25) is 0 Å². The molecule has 0 radical (unpaired) electrons. The van der Waals surface area contributed by atoms with Crippen LogP contribution in [0.5, 0.6) is 0 Å². The van der Waals surface area contributed by atoms with E-state index in [2.05, 4.69) is 25.9 Å². The molecule has 0 saturated heterocycles. The molecule has 0 unspecified atom stereocenters. The predicted molar refractivity (Wildman–Crippen MR) is 72.0 cm³/mol. The molecule has 0 fully saturated rings. The van der Waals surface area contributed by atoms with Crippen LogP contribution in [0, 0.1) is 24.3 Å². The van der Waals surface area contributed by atoms with E-state index in [0.29, 0.717) is 14.9 Å². The summed E-state index contributed by atoms with van der Waals surface area (Å²) < 4.78 is 14.2. The molecule has 5 heteroatoms. The van der Waals surface area contributed by atoms with E-state index in [0.717, 1.165) is 16.8 Å². The number of benzene rings is 1. The smallest absolute Gasteiger partial charge is 0.140 e. The fourth-order valence-electron chi connectivity index (χ4n) is 1.45. The van der Waals surface area contributed by atoms with Crippen LogP contribution in [0.3, 0.4) is 0 Å². The minimum absolute atomic E-state index is 0.289. The van der Waals surface area contributed by atoms with Crippen molar-refractivity contribution in [1.29, 1.82) is 0 Å². The first kappa shape index (κ1) is 12.4. The highest BCUT2D eigenvalue weighted by Crippen LogP contribution is 2.26. The lowest BCUT2D eigenvalue weighted by Crippen LogP contribution is -1.97. The Morgan fingerprint density at radius 2 is 2.06 bits per heavy atom. The normalized spacial score (nSPS) is 10.6. The van der Waals surface area contributed by atoms with E-state index in [-0.39, 0.29) is 5.82 Å². The number of nitrogens with zero attached hydrogens (tertiary/aromatic N) is 1. The minimum atomic E-state index is -0.289. The predicted octanol–water partition coefficient (Wildman–Crippen LogP) is 4.32. The molecule has 1 aromatic heterocycles. The Balaban J connectivity index is 2.65. The van der Waals surface area contributed by atoms with Gasteiger partial charge in [-0.25, -0.2) is 9.37 Å². The summed E-state index contributed by atoms with van der Waals surface area (Å²) in [7, 11) is 0. The van der Waals surface area contributed by atoms with Gasteiger partial charge in [0.2, 0.25) is 0 Å². The Bertz CT molecular complexity index is 637. The van der Waals surface area contributed by atoms with Crippen LogP contribution in [0.1, 0.15) is 11.3 Å². The van der Waals surface area contributed by atoms with Crippen molar-refractivity contribution in [1.82, 2.24) is 9.97 Å². The number of aryl methyl sites for hydroxylation is 1. The van der Waals surface area contributed by atoms with Crippen LogP contribution < -0.4 is 0 Å². The van der Waals surface area contributed by atoms with Gasteiger partial charge in [0.25, 0.3) is 0 Å². The quantitative estimate of drug-likeness (QED) is 0.794. The Hall–Kier alpha value is -1.07. The molecule has 1 aromatic carbocycles. The fraction of sp³-hybridized carbons (Fsp3) is 0.167. The minimum Gasteiger partial charge on any atom is -0.343 e. The first-order chi connectivity index (χ1) is 7.99. The zero-order valence-corrected chi connectivity index (χ0v) is 11.7. The van der Waals surface area contributed by atoms with Gasteiger partial charge >= 0.3 is 0 Å². The summed E-state index contributed by atoms with van der Waals surface area (Å²) in [6, 6.07) is 4.47. The second-order valence-electron chi connectivity index (χ2n) is 3.76. The summed E-state index contributed by atoms with van der Waals surface area (Å²) in [5.74, 6) is 0.355. The van der Waals surface area contributed by atoms with Gasteiger partial charge in [0.1, 0.15) is 16.3 Å². The first-order valence-electron chi connectivity index (χ1n) is 5.02. The van der Waals surface area contributed by atoms with Gasteiger partial charge < -0.3 is 4.98 Å². The van der Waals surface area contributed by atoms with Gasteiger partial charge in [-0.1, -0.05) is 12.2 Å². The first-order valence-corrected chi connectivity index (χ1v) is 6.22. The summed E-state index contributed by atoms with van der Waals surface area (Å²) in [5.41, 5.74) is 2.72. The molecule has 0 aliphatic heterocycles. The van der Waals surface area contributed by atoms with Crippen molar-refractivity contribution < 1.29 is 4.39 Å². The van der Waals surface area contributed by atoms with Crippen LogP contribution >= 0.6 is 28.1 Å². The van der Waals surface area contributed by atoms with Crippen molar-refractivity contribution >= 4 is 28.1 Å². The van der Waals surface area contributed by atoms with E-state index in [1.54, 1.807) is 6.07 Å². The highest BCUT2D eigenvalue weighted by Gasteiger charge is 2.08. The van der Waals surface area contributed by atoms with E-state index in [9.17, 15) is 4.39 Å². The summed E-state index contributed by atoms with van der Waals surface area (Å²) in [5, 5.41) is 0. The maximum Gasteiger partial charge on any atom is 0.140 e. The highest BCUT2D eigenvalue weighted by molar-refractivity contribution is 9.10. The molecule has 2 nitrogen and oxygen atoms in total. The van der Waals surface area contributed by atoms with Crippen molar-refractivity contribution in [3.05, 3.63) is 44.4 Å². The number of halogens is 2. The number of hydrogen-bond acceptors (Lipinski definition) is 2. The van der Waals surface area contributed by atoms with E-state index >= 15 is 0 Å². The maximum atomic E-state index is 13.0. The monoisotopic (exact) mass is 312 g/mol. The average Bonchev–Trinajstić information content (AvgIpc) is 2.25. The van der Waals surface area contributed by atoms with Crippen LogP contribution in [-0.2, 0) is 0 Å². The van der Waals surface area contributed by atoms with Gasteiger partial charge in [-0.15, -0.1) is 0 Å². The Morgan fingerprint density at radius 3 is 2.65 bits per heavy atom.